The minimum Gasteiger partial charge on any atom is -0.493 e. The van der Waals surface area contributed by atoms with E-state index in [0.29, 0.717) is 6.54 Å². The van der Waals surface area contributed by atoms with E-state index >= 15 is 0 Å². The Labute approximate surface area is 107 Å². The first-order chi connectivity index (χ1) is 8.81. The number of fused-ring (bicyclic) bond motifs is 1. The monoisotopic (exact) mass is 246 g/mol. The van der Waals surface area contributed by atoms with Crippen molar-refractivity contribution >= 4 is 11.6 Å². The van der Waals surface area contributed by atoms with E-state index in [1.165, 1.54) is 18.4 Å². The molecular formula is C14H18N2O2. The Bertz CT molecular complexity index is 455. The molecule has 0 bridgehead atoms. The van der Waals surface area contributed by atoms with Crippen molar-refractivity contribution in [1.29, 1.82) is 0 Å². The molecule has 0 aromatic heterocycles. The van der Waals surface area contributed by atoms with Gasteiger partial charge in [-0.1, -0.05) is 0 Å². The van der Waals surface area contributed by atoms with Gasteiger partial charge >= 0.3 is 0 Å². The van der Waals surface area contributed by atoms with Crippen LogP contribution in [0.5, 0.6) is 5.75 Å². The molecule has 1 amide bonds. The molecule has 2 aliphatic rings. The molecule has 1 fully saturated rings. The summed E-state index contributed by atoms with van der Waals surface area (Å²) >= 11 is 0. The van der Waals surface area contributed by atoms with Crippen molar-refractivity contribution in [2.75, 3.05) is 25.0 Å². The van der Waals surface area contributed by atoms with Gasteiger partial charge in [0.25, 0.3) is 0 Å². The number of hydrogen-bond acceptors (Lipinski definition) is 3. The second kappa shape index (κ2) is 4.98. The maximum atomic E-state index is 11.7. The summed E-state index contributed by atoms with van der Waals surface area (Å²) in [5, 5.41) is 6.09. The molecular weight excluding hydrogens is 228 g/mol. The van der Waals surface area contributed by atoms with Gasteiger partial charge in [-0.3, -0.25) is 4.79 Å². The number of anilines is 1. The molecule has 18 heavy (non-hydrogen) atoms. The maximum absolute atomic E-state index is 11.7. The smallest absolute Gasteiger partial charge is 0.238 e. The number of rotatable bonds is 5. The summed E-state index contributed by atoms with van der Waals surface area (Å²) in [6.45, 7) is 2.10. The van der Waals surface area contributed by atoms with E-state index in [1.54, 1.807) is 0 Å². The minimum atomic E-state index is 0.0227. The van der Waals surface area contributed by atoms with Crippen LogP contribution in [0.4, 0.5) is 5.69 Å². The topological polar surface area (TPSA) is 50.4 Å². The van der Waals surface area contributed by atoms with Gasteiger partial charge in [-0.05, 0) is 49.1 Å². The normalized spacial score (nSPS) is 17.1. The van der Waals surface area contributed by atoms with E-state index in [9.17, 15) is 4.79 Å². The van der Waals surface area contributed by atoms with Gasteiger partial charge in [-0.25, -0.2) is 0 Å². The number of hydrogen-bond donors (Lipinski definition) is 2. The van der Waals surface area contributed by atoms with Crippen molar-refractivity contribution in [3.63, 3.8) is 0 Å². The van der Waals surface area contributed by atoms with Gasteiger partial charge in [0, 0.05) is 12.1 Å². The van der Waals surface area contributed by atoms with Crippen LogP contribution in [-0.2, 0) is 11.2 Å². The Hall–Kier alpha value is -1.55. The van der Waals surface area contributed by atoms with Gasteiger partial charge in [0.05, 0.1) is 13.2 Å². The molecule has 0 atom stereocenters. The Balaban J connectivity index is 1.50. The lowest BCUT2D eigenvalue weighted by Gasteiger charge is -2.07. The molecule has 1 aromatic rings. The Morgan fingerprint density at radius 1 is 1.39 bits per heavy atom. The van der Waals surface area contributed by atoms with E-state index in [2.05, 4.69) is 10.6 Å². The van der Waals surface area contributed by atoms with Gasteiger partial charge in [0.15, 0.2) is 0 Å². The summed E-state index contributed by atoms with van der Waals surface area (Å²) in [5.41, 5.74) is 2.04. The molecule has 0 unspecified atom stereocenters. The number of amides is 1. The molecule has 1 aliphatic heterocycles. The van der Waals surface area contributed by atoms with Crippen molar-refractivity contribution < 1.29 is 9.53 Å². The molecule has 4 heteroatoms. The Kier molecular flexibility index (Phi) is 3.19. The SMILES string of the molecule is O=C(CNCC1CC1)Nc1ccc2c(c1)CCO2. The van der Waals surface area contributed by atoms with Crippen LogP contribution in [0.2, 0.25) is 0 Å². The molecule has 0 saturated heterocycles. The molecule has 0 radical (unpaired) electrons. The number of nitrogens with one attached hydrogen (secondary N) is 2. The van der Waals surface area contributed by atoms with Crippen LogP contribution in [0.1, 0.15) is 18.4 Å². The highest BCUT2D eigenvalue weighted by Crippen LogP contribution is 2.28. The van der Waals surface area contributed by atoms with Crippen LogP contribution >= 0.6 is 0 Å². The molecule has 1 heterocycles. The molecule has 96 valence electrons. The molecule has 4 nitrogen and oxygen atoms in total. The van der Waals surface area contributed by atoms with Gasteiger partial charge < -0.3 is 15.4 Å². The zero-order valence-corrected chi connectivity index (χ0v) is 10.4. The fourth-order valence-electron chi connectivity index (χ4n) is 2.18. The fraction of sp³-hybridized carbons (Fsp3) is 0.500. The first-order valence-corrected chi connectivity index (χ1v) is 6.57. The minimum absolute atomic E-state index is 0.0227. The molecule has 1 aromatic carbocycles. The zero-order chi connectivity index (χ0) is 12.4. The summed E-state index contributed by atoms with van der Waals surface area (Å²) in [7, 11) is 0. The number of benzene rings is 1. The van der Waals surface area contributed by atoms with Gasteiger partial charge in [0.1, 0.15) is 5.75 Å². The summed E-state index contributed by atoms with van der Waals surface area (Å²) in [6, 6.07) is 5.82. The number of carbonyl (C=O) groups is 1. The Morgan fingerprint density at radius 2 is 2.28 bits per heavy atom. The van der Waals surface area contributed by atoms with Crippen LogP contribution in [0.3, 0.4) is 0 Å². The third kappa shape index (κ3) is 2.82. The highest BCUT2D eigenvalue weighted by Gasteiger charge is 2.20. The van der Waals surface area contributed by atoms with E-state index in [1.807, 2.05) is 18.2 Å². The fourth-order valence-corrected chi connectivity index (χ4v) is 2.18. The van der Waals surface area contributed by atoms with Crippen LogP contribution in [0.25, 0.3) is 0 Å². The molecule has 0 spiro atoms. The highest BCUT2D eigenvalue weighted by molar-refractivity contribution is 5.92. The second-order valence-electron chi connectivity index (χ2n) is 5.04. The summed E-state index contributed by atoms with van der Waals surface area (Å²) in [5.74, 6) is 1.77. The third-order valence-corrected chi connectivity index (χ3v) is 3.39. The van der Waals surface area contributed by atoms with Crippen molar-refractivity contribution in [2.24, 2.45) is 5.92 Å². The first-order valence-electron chi connectivity index (χ1n) is 6.57. The maximum Gasteiger partial charge on any atom is 0.238 e. The van der Waals surface area contributed by atoms with Crippen LogP contribution in [-0.4, -0.2) is 25.6 Å². The zero-order valence-electron chi connectivity index (χ0n) is 10.4. The average Bonchev–Trinajstić information content (AvgIpc) is 3.06. The predicted molar refractivity (Wildman–Crippen MR) is 69.9 cm³/mol. The predicted octanol–water partition coefficient (Wildman–Crippen LogP) is 1.56. The standard InChI is InChI=1S/C14H18N2O2/c17-14(9-15-8-10-1-2-10)16-12-3-4-13-11(7-12)5-6-18-13/h3-4,7,10,15H,1-2,5-6,8-9H2,(H,16,17). The van der Waals surface area contributed by atoms with Gasteiger partial charge in [0.2, 0.25) is 5.91 Å². The third-order valence-electron chi connectivity index (χ3n) is 3.39. The van der Waals surface area contributed by atoms with Crippen LogP contribution < -0.4 is 15.4 Å². The van der Waals surface area contributed by atoms with Crippen molar-refractivity contribution in [3.05, 3.63) is 23.8 Å². The summed E-state index contributed by atoms with van der Waals surface area (Å²) in [6.07, 6.45) is 3.54. The van der Waals surface area contributed by atoms with Gasteiger partial charge in [-0.2, -0.15) is 0 Å². The van der Waals surface area contributed by atoms with Crippen molar-refractivity contribution in [3.8, 4) is 5.75 Å². The van der Waals surface area contributed by atoms with Gasteiger partial charge in [-0.15, -0.1) is 0 Å². The van der Waals surface area contributed by atoms with E-state index < -0.39 is 0 Å². The molecule has 2 N–H and O–H groups in total. The average molecular weight is 246 g/mol. The van der Waals surface area contributed by atoms with E-state index in [0.717, 1.165) is 36.9 Å². The summed E-state index contributed by atoms with van der Waals surface area (Å²) < 4.78 is 5.43. The van der Waals surface area contributed by atoms with Crippen LogP contribution in [0, 0.1) is 5.92 Å². The molecule has 3 rings (SSSR count). The van der Waals surface area contributed by atoms with Crippen molar-refractivity contribution in [1.82, 2.24) is 5.32 Å². The molecule has 1 aliphatic carbocycles. The quantitative estimate of drug-likeness (QED) is 0.829. The lowest BCUT2D eigenvalue weighted by Crippen LogP contribution is -2.29. The van der Waals surface area contributed by atoms with E-state index in [-0.39, 0.29) is 5.91 Å². The largest absolute Gasteiger partial charge is 0.493 e. The second-order valence-corrected chi connectivity index (χ2v) is 5.04. The first kappa shape index (κ1) is 11.5. The summed E-state index contributed by atoms with van der Waals surface area (Å²) in [4.78, 5) is 11.7. The number of carbonyl (C=O) groups excluding carboxylic acids is 1. The van der Waals surface area contributed by atoms with E-state index in [4.69, 9.17) is 4.74 Å². The lowest BCUT2D eigenvalue weighted by molar-refractivity contribution is -0.115. The van der Waals surface area contributed by atoms with Crippen molar-refractivity contribution in [2.45, 2.75) is 19.3 Å². The van der Waals surface area contributed by atoms with Crippen LogP contribution in [0.15, 0.2) is 18.2 Å². The highest BCUT2D eigenvalue weighted by atomic mass is 16.5. The molecule has 1 saturated carbocycles. The lowest BCUT2D eigenvalue weighted by atomic mass is 10.1. The Morgan fingerprint density at radius 3 is 3.11 bits per heavy atom. The number of ether oxygens (including phenoxy) is 1.